The number of nitrogens with one attached hydrogen (secondary N) is 1. The van der Waals surface area contributed by atoms with Crippen molar-refractivity contribution in [1.82, 2.24) is 15.2 Å². The minimum absolute atomic E-state index is 0.190. The maximum Gasteiger partial charge on any atom is 0.161 e. The summed E-state index contributed by atoms with van der Waals surface area (Å²) in [6.45, 7) is 4.11. The lowest BCUT2D eigenvalue weighted by molar-refractivity contribution is 0.394. The van der Waals surface area contributed by atoms with E-state index in [4.69, 9.17) is 16.3 Å². The molecule has 0 saturated heterocycles. The number of hydrogen-bond donors (Lipinski definition) is 3. The maximum absolute atomic E-state index is 6.05. The Hall–Kier alpha value is -2.05. The van der Waals surface area contributed by atoms with Gasteiger partial charge in [0, 0.05) is 11.7 Å². The molecule has 0 aliphatic heterocycles. The summed E-state index contributed by atoms with van der Waals surface area (Å²) in [7, 11) is 1.62. The van der Waals surface area contributed by atoms with E-state index in [1.165, 1.54) is 0 Å². The highest BCUT2D eigenvalue weighted by Gasteiger charge is 2.25. The van der Waals surface area contributed by atoms with Crippen molar-refractivity contribution in [3.63, 3.8) is 0 Å². The minimum atomic E-state index is -0.281. The molecule has 108 valence electrons. The highest BCUT2D eigenvalue weighted by molar-refractivity contribution is 5.52. The fourth-order valence-corrected chi connectivity index (χ4v) is 2.29. The summed E-state index contributed by atoms with van der Waals surface area (Å²) in [6.07, 6.45) is 1.69. The molecule has 20 heavy (non-hydrogen) atoms. The van der Waals surface area contributed by atoms with E-state index in [9.17, 15) is 0 Å². The molecule has 6 heteroatoms. The predicted octanol–water partition coefficient (Wildman–Crippen LogP) is 1.61. The number of nitrogens with zero attached hydrogens (tertiary/aromatic N) is 2. The van der Waals surface area contributed by atoms with Crippen LogP contribution in [0.25, 0.3) is 0 Å². The van der Waals surface area contributed by atoms with Gasteiger partial charge in [0.1, 0.15) is 5.69 Å². The highest BCUT2D eigenvalue weighted by atomic mass is 16.5. The standard InChI is InChI=1S/C14H21N5O/c1-9(2)19-14(12(20-3)8-17-19)13(18-16)10-6-4-5-7-11(10)15/h4-9,13,18H,15-16H2,1-3H3. The van der Waals surface area contributed by atoms with Gasteiger partial charge in [-0.2, -0.15) is 5.10 Å². The van der Waals surface area contributed by atoms with Crippen LogP contribution in [0.1, 0.15) is 37.2 Å². The molecule has 0 aliphatic rings. The molecule has 6 nitrogen and oxygen atoms in total. The van der Waals surface area contributed by atoms with Crippen LogP contribution >= 0.6 is 0 Å². The number of hydrazine groups is 1. The van der Waals surface area contributed by atoms with Gasteiger partial charge in [0.25, 0.3) is 0 Å². The fraction of sp³-hybridized carbons (Fsp3) is 0.357. The van der Waals surface area contributed by atoms with Gasteiger partial charge in [0.05, 0.1) is 19.3 Å². The molecule has 1 atom stereocenters. The van der Waals surface area contributed by atoms with Crippen molar-refractivity contribution in [2.75, 3.05) is 12.8 Å². The molecule has 0 radical (unpaired) electrons. The van der Waals surface area contributed by atoms with E-state index < -0.39 is 0 Å². The Morgan fingerprint density at radius 1 is 1.30 bits per heavy atom. The van der Waals surface area contributed by atoms with E-state index in [1.807, 2.05) is 28.9 Å². The van der Waals surface area contributed by atoms with Gasteiger partial charge in [-0.05, 0) is 25.5 Å². The van der Waals surface area contributed by atoms with Gasteiger partial charge in [-0.1, -0.05) is 18.2 Å². The molecule has 0 saturated carbocycles. The van der Waals surface area contributed by atoms with Crippen LogP contribution in [0.2, 0.25) is 0 Å². The summed E-state index contributed by atoms with van der Waals surface area (Å²) in [4.78, 5) is 0. The lowest BCUT2D eigenvalue weighted by Gasteiger charge is -2.22. The Morgan fingerprint density at radius 2 is 2.00 bits per heavy atom. The van der Waals surface area contributed by atoms with Crippen molar-refractivity contribution >= 4 is 5.69 Å². The summed E-state index contributed by atoms with van der Waals surface area (Å²) in [5, 5.41) is 4.37. The molecular weight excluding hydrogens is 254 g/mol. The average Bonchev–Trinajstić information content (AvgIpc) is 2.86. The number of rotatable bonds is 5. The van der Waals surface area contributed by atoms with Gasteiger partial charge in [-0.15, -0.1) is 0 Å². The molecule has 0 amide bonds. The Kier molecular flexibility index (Phi) is 4.26. The third kappa shape index (κ3) is 2.48. The van der Waals surface area contributed by atoms with Crippen molar-refractivity contribution in [1.29, 1.82) is 0 Å². The lowest BCUT2D eigenvalue weighted by atomic mass is 10.0. The van der Waals surface area contributed by atoms with Gasteiger partial charge in [0.2, 0.25) is 0 Å². The summed E-state index contributed by atoms with van der Waals surface area (Å²) >= 11 is 0. The van der Waals surface area contributed by atoms with E-state index in [0.29, 0.717) is 11.4 Å². The molecule has 0 aliphatic carbocycles. The number of nitrogen functional groups attached to an aromatic ring is 1. The summed E-state index contributed by atoms with van der Waals surface area (Å²) in [5.74, 6) is 6.44. The van der Waals surface area contributed by atoms with E-state index in [1.54, 1.807) is 13.3 Å². The van der Waals surface area contributed by atoms with Crippen LogP contribution in [0.4, 0.5) is 5.69 Å². The molecule has 2 aromatic rings. The van der Waals surface area contributed by atoms with Crippen LogP contribution in [-0.4, -0.2) is 16.9 Å². The van der Waals surface area contributed by atoms with Gasteiger partial charge in [-0.25, -0.2) is 5.43 Å². The summed E-state index contributed by atoms with van der Waals surface area (Å²) in [6, 6.07) is 7.52. The number of hydrogen-bond acceptors (Lipinski definition) is 5. The van der Waals surface area contributed by atoms with Gasteiger partial charge < -0.3 is 10.5 Å². The number of para-hydroxylation sites is 1. The largest absolute Gasteiger partial charge is 0.493 e. The van der Waals surface area contributed by atoms with Crippen LogP contribution in [0, 0.1) is 0 Å². The first-order chi connectivity index (χ1) is 9.60. The number of nitrogens with two attached hydrogens (primary N) is 2. The molecule has 1 heterocycles. The number of anilines is 1. The summed E-state index contributed by atoms with van der Waals surface area (Å²) in [5.41, 5.74) is 11.3. The van der Waals surface area contributed by atoms with E-state index in [0.717, 1.165) is 11.3 Å². The van der Waals surface area contributed by atoms with Crippen LogP contribution in [-0.2, 0) is 0 Å². The molecular formula is C14H21N5O. The van der Waals surface area contributed by atoms with Crippen LogP contribution < -0.4 is 21.7 Å². The molecule has 0 bridgehead atoms. The second-order valence-electron chi connectivity index (χ2n) is 4.87. The number of ether oxygens (including phenoxy) is 1. The zero-order valence-corrected chi connectivity index (χ0v) is 12.0. The first-order valence-electron chi connectivity index (χ1n) is 6.52. The van der Waals surface area contributed by atoms with Gasteiger partial charge in [-0.3, -0.25) is 10.5 Å². The normalized spacial score (nSPS) is 12.7. The van der Waals surface area contributed by atoms with E-state index in [2.05, 4.69) is 24.4 Å². The van der Waals surface area contributed by atoms with Crippen molar-refractivity contribution in [2.45, 2.75) is 25.9 Å². The fourth-order valence-electron chi connectivity index (χ4n) is 2.29. The highest BCUT2D eigenvalue weighted by Crippen LogP contribution is 2.33. The predicted molar refractivity (Wildman–Crippen MR) is 79.2 cm³/mol. The van der Waals surface area contributed by atoms with Crippen molar-refractivity contribution in [2.24, 2.45) is 5.84 Å². The van der Waals surface area contributed by atoms with E-state index in [-0.39, 0.29) is 12.1 Å². The zero-order valence-electron chi connectivity index (χ0n) is 12.0. The molecule has 1 aromatic heterocycles. The molecule has 0 spiro atoms. The number of methoxy groups -OCH3 is 1. The second-order valence-corrected chi connectivity index (χ2v) is 4.87. The monoisotopic (exact) mass is 275 g/mol. The molecule has 1 unspecified atom stereocenters. The first-order valence-corrected chi connectivity index (χ1v) is 6.52. The minimum Gasteiger partial charge on any atom is -0.493 e. The van der Waals surface area contributed by atoms with Crippen molar-refractivity contribution in [3.8, 4) is 5.75 Å². The number of aromatic nitrogens is 2. The SMILES string of the molecule is COc1cnn(C(C)C)c1C(NN)c1ccccc1N. The summed E-state index contributed by atoms with van der Waals surface area (Å²) < 4.78 is 7.29. The quantitative estimate of drug-likeness (QED) is 0.438. The third-order valence-corrected chi connectivity index (χ3v) is 3.25. The molecule has 5 N–H and O–H groups in total. The smallest absolute Gasteiger partial charge is 0.161 e. The molecule has 2 rings (SSSR count). The van der Waals surface area contributed by atoms with Crippen molar-refractivity contribution in [3.05, 3.63) is 41.7 Å². The van der Waals surface area contributed by atoms with Gasteiger partial charge >= 0.3 is 0 Å². The average molecular weight is 275 g/mol. The maximum atomic E-state index is 6.05. The lowest BCUT2D eigenvalue weighted by Crippen LogP contribution is -2.32. The molecule has 1 aromatic carbocycles. The molecule has 0 fully saturated rings. The van der Waals surface area contributed by atoms with Crippen LogP contribution in [0.15, 0.2) is 30.5 Å². The van der Waals surface area contributed by atoms with E-state index >= 15 is 0 Å². The van der Waals surface area contributed by atoms with Gasteiger partial charge in [0.15, 0.2) is 5.75 Å². The topological polar surface area (TPSA) is 91.1 Å². The Morgan fingerprint density at radius 3 is 2.55 bits per heavy atom. The van der Waals surface area contributed by atoms with Crippen LogP contribution in [0.3, 0.4) is 0 Å². The Bertz CT molecular complexity index is 579. The second kappa shape index (κ2) is 5.94. The Labute approximate surface area is 118 Å². The van der Waals surface area contributed by atoms with Crippen LogP contribution in [0.5, 0.6) is 5.75 Å². The number of benzene rings is 1. The zero-order chi connectivity index (χ0) is 14.7. The first kappa shape index (κ1) is 14.4. The van der Waals surface area contributed by atoms with Crippen molar-refractivity contribution < 1.29 is 4.74 Å². The third-order valence-electron chi connectivity index (χ3n) is 3.25. The Balaban J connectivity index is 2.57.